The van der Waals surface area contributed by atoms with Crippen LogP contribution in [-0.2, 0) is 26.2 Å². The molecule has 2 aromatic rings. The third-order valence-corrected chi connectivity index (χ3v) is 5.33. The number of ether oxygens (including phenoxy) is 2. The molecule has 0 aliphatic carbocycles. The molecule has 0 saturated heterocycles. The van der Waals surface area contributed by atoms with E-state index in [0.717, 1.165) is 16.8 Å². The number of nitrogens with zero attached hydrogens (tertiary/aromatic N) is 3. The zero-order chi connectivity index (χ0) is 24.3. The van der Waals surface area contributed by atoms with E-state index in [1.807, 2.05) is 49.7 Å². The van der Waals surface area contributed by atoms with Crippen LogP contribution in [0.2, 0.25) is 0 Å². The topological polar surface area (TPSA) is 77.1 Å². The molecule has 1 aromatic heterocycles. The maximum atomic E-state index is 12.2. The fourth-order valence-corrected chi connectivity index (χ4v) is 3.19. The van der Waals surface area contributed by atoms with Gasteiger partial charge in [-0.1, -0.05) is 45.0 Å². The summed E-state index contributed by atoms with van der Waals surface area (Å²) >= 11 is 0. The molecule has 32 heavy (non-hydrogen) atoms. The number of nitriles is 1. The molecule has 0 saturated carbocycles. The number of allylic oxidation sites excluding steroid dienone is 1. The largest absolute Gasteiger partial charge is 0.454 e. The first-order valence-electron chi connectivity index (χ1n) is 10.9. The van der Waals surface area contributed by atoms with Crippen LogP contribution in [0.25, 0.3) is 11.3 Å². The fraction of sp³-hybridized carbons (Fsp3) is 0.500. The zero-order valence-electron chi connectivity index (χ0n) is 20.8. The van der Waals surface area contributed by atoms with E-state index in [4.69, 9.17) is 9.47 Å². The molecule has 1 aromatic carbocycles. The molecule has 0 radical (unpaired) electrons. The Labute approximate surface area is 191 Å². The van der Waals surface area contributed by atoms with E-state index in [0.29, 0.717) is 23.6 Å². The number of aryl methyl sites for hydroxylation is 2. The maximum Gasteiger partial charge on any atom is 0.314 e. The Morgan fingerprint density at radius 2 is 1.66 bits per heavy atom. The van der Waals surface area contributed by atoms with Crippen LogP contribution < -0.4 is 0 Å². The molecule has 0 atom stereocenters. The highest BCUT2D eigenvalue weighted by Crippen LogP contribution is 2.32. The molecule has 2 rings (SSSR count). The highest BCUT2D eigenvalue weighted by molar-refractivity contribution is 5.94. The maximum absolute atomic E-state index is 12.2. The molecule has 6 heteroatoms. The van der Waals surface area contributed by atoms with Crippen molar-refractivity contribution in [2.75, 3.05) is 6.79 Å². The predicted octanol–water partition coefficient (Wildman–Crippen LogP) is 5.77. The number of hydrogen-bond acceptors (Lipinski definition) is 5. The minimum absolute atomic E-state index is 0.00404. The molecular weight excluding hydrogens is 402 g/mol. The van der Waals surface area contributed by atoms with Crippen molar-refractivity contribution in [3.63, 3.8) is 0 Å². The summed E-state index contributed by atoms with van der Waals surface area (Å²) in [7, 11) is 0. The Kier molecular flexibility index (Phi) is 7.56. The van der Waals surface area contributed by atoms with E-state index in [9.17, 15) is 10.1 Å². The normalized spacial score (nSPS) is 12.8. The van der Waals surface area contributed by atoms with Crippen molar-refractivity contribution in [2.24, 2.45) is 5.41 Å². The molecule has 6 nitrogen and oxygen atoms in total. The second-order valence-corrected chi connectivity index (χ2v) is 9.96. The predicted molar refractivity (Wildman–Crippen MR) is 126 cm³/mol. The van der Waals surface area contributed by atoms with Gasteiger partial charge >= 0.3 is 5.97 Å². The van der Waals surface area contributed by atoms with Gasteiger partial charge in [0.2, 0.25) is 6.79 Å². The van der Waals surface area contributed by atoms with Crippen LogP contribution in [0.1, 0.15) is 76.5 Å². The Morgan fingerprint density at radius 3 is 2.12 bits per heavy atom. The minimum Gasteiger partial charge on any atom is -0.454 e. The highest BCUT2D eigenvalue weighted by Gasteiger charge is 2.25. The van der Waals surface area contributed by atoms with Crippen molar-refractivity contribution >= 4 is 17.3 Å². The standard InChI is InChI=1S/C26H35N3O3/c1-10-29-22(17(2)18(3)28-29)23(31-16-32-24(30)26(7,8)9)21(15-27)19-11-13-20(14-12-19)25(4,5)6/h11-14H,10,16H2,1-9H3/b23-21-. The van der Waals surface area contributed by atoms with Crippen molar-refractivity contribution in [3.05, 3.63) is 52.3 Å². The summed E-state index contributed by atoms with van der Waals surface area (Å²) < 4.78 is 13.1. The molecule has 0 N–H and O–H groups in total. The van der Waals surface area contributed by atoms with E-state index < -0.39 is 5.41 Å². The molecular formula is C26H35N3O3. The Bertz CT molecular complexity index is 1040. The molecule has 172 valence electrons. The van der Waals surface area contributed by atoms with Crippen LogP contribution in [0.4, 0.5) is 0 Å². The lowest BCUT2D eigenvalue weighted by Gasteiger charge is -2.20. The van der Waals surface area contributed by atoms with Gasteiger partial charge in [0.15, 0.2) is 5.76 Å². The zero-order valence-corrected chi connectivity index (χ0v) is 20.8. The van der Waals surface area contributed by atoms with E-state index in [1.165, 1.54) is 5.56 Å². The van der Waals surface area contributed by atoms with Gasteiger partial charge in [-0.2, -0.15) is 10.4 Å². The quantitative estimate of drug-likeness (QED) is 0.248. The molecule has 0 amide bonds. The molecule has 0 unspecified atom stereocenters. The first-order chi connectivity index (χ1) is 14.8. The number of hydrogen-bond donors (Lipinski definition) is 0. The summed E-state index contributed by atoms with van der Waals surface area (Å²) in [6.45, 7) is 18.0. The molecule has 0 spiro atoms. The number of carbonyl (C=O) groups excluding carboxylic acids is 1. The van der Waals surface area contributed by atoms with Crippen LogP contribution in [0.3, 0.4) is 0 Å². The van der Waals surface area contributed by atoms with Crippen LogP contribution in [0.5, 0.6) is 0 Å². The van der Waals surface area contributed by atoms with Crippen molar-refractivity contribution in [1.82, 2.24) is 9.78 Å². The Morgan fingerprint density at radius 1 is 1.06 bits per heavy atom. The summed E-state index contributed by atoms with van der Waals surface area (Å²) in [5, 5.41) is 14.7. The summed E-state index contributed by atoms with van der Waals surface area (Å²) in [4.78, 5) is 12.2. The van der Waals surface area contributed by atoms with Gasteiger partial charge < -0.3 is 9.47 Å². The monoisotopic (exact) mass is 437 g/mol. The number of benzene rings is 1. The number of carbonyl (C=O) groups is 1. The molecule has 0 fully saturated rings. The minimum atomic E-state index is -0.647. The second-order valence-electron chi connectivity index (χ2n) is 9.96. The number of esters is 1. The molecule has 1 heterocycles. The van der Waals surface area contributed by atoms with Crippen molar-refractivity contribution < 1.29 is 14.3 Å². The third-order valence-electron chi connectivity index (χ3n) is 5.33. The van der Waals surface area contributed by atoms with Gasteiger partial charge in [-0.3, -0.25) is 9.48 Å². The van der Waals surface area contributed by atoms with E-state index >= 15 is 0 Å². The van der Waals surface area contributed by atoms with E-state index in [1.54, 1.807) is 20.8 Å². The molecule has 0 aliphatic rings. The third kappa shape index (κ3) is 5.59. The molecule has 0 aliphatic heterocycles. The first-order valence-corrected chi connectivity index (χ1v) is 10.9. The molecule has 0 bridgehead atoms. The summed E-state index contributed by atoms with van der Waals surface area (Å²) in [6.07, 6.45) is 0. The fourth-order valence-electron chi connectivity index (χ4n) is 3.19. The van der Waals surface area contributed by atoms with Gasteiger partial charge in [0.1, 0.15) is 17.3 Å². The number of rotatable bonds is 6. The van der Waals surface area contributed by atoms with Crippen LogP contribution in [0, 0.1) is 30.6 Å². The summed E-state index contributed by atoms with van der Waals surface area (Å²) in [5.74, 6) is -0.0144. The van der Waals surface area contributed by atoms with Crippen LogP contribution in [-0.4, -0.2) is 22.5 Å². The van der Waals surface area contributed by atoms with Crippen molar-refractivity contribution in [1.29, 1.82) is 5.26 Å². The van der Waals surface area contributed by atoms with Gasteiger partial charge in [-0.15, -0.1) is 0 Å². The van der Waals surface area contributed by atoms with E-state index in [2.05, 4.69) is 31.9 Å². The second kappa shape index (κ2) is 9.60. The van der Waals surface area contributed by atoms with Gasteiger partial charge in [0.05, 0.1) is 11.1 Å². The van der Waals surface area contributed by atoms with Gasteiger partial charge in [0, 0.05) is 12.1 Å². The SMILES string of the molecule is CCn1nc(C)c(C)c1/C(OCOC(=O)C(C)(C)C)=C(\C#N)c1ccc(C(C)(C)C)cc1. The lowest BCUT2D eigenvalue weighted by Crippen LogP contribution is -2.24. The summed E-state index contributed by atoms with van der Waals surface area (Å²) in [6, 6.07) is 10.2. The van der Waals surface area contributed by atoms with Crippen LogP contribution >= 0.6 is 0 Å². The average molecular weight is 438 g/mol. The Balaban J connectivity index is 2.59. The van der Waals surface area contributed by atoms with Gasteiger partial charge in [-0.05, 0) is 58.1 Å². The smallest absolute Gasteiger partial charge is 0.314 e. The average Bonchev–Trinajstić information content (AvgIpc) is 3.00. The van der Waals surface area contributed by atoms with Gasteiger partial charge in [-0.25, -0.2) is 0 Å². The van der Waals surface area contributed by atoms with E-state index in [-0.39, 0.29) is 18.2 Å². The van der Waals surface area contributed by atoms with Crippen LogP contribution in [0.15, 0.2) is 24.3 Å². The van der Waals surface area contributed by atoms with Crippen molar-refractivity contribution in [3.8, 4) is 6.07 Å². The first kappa shape index (κ1) is 25.2. The lowest BCUT2D eigenvalue weighted by atomic mass is 9.86. The lowest BCUT2D eigenvalue weighted by molar-refractivity contribution is -0.161. The van der Waals surface area contributed by atoms with Gasteiger partial charge in [0.25, 0.3) is 0 Å². The van der Waals surface area contributed by atoms with Crippen molar-refractivity contribution in [2.45, 2.75) is 74.3 Å². The Hall–Kier alpha value is -3.07. The highest BCUT2D eigenvalue weighted by atomic mass is 16.7. The number of aromatic nitrogens is 2. The summed E-state index contributed by atoms with van der Waals surface area (Å²) in [5.41, 5.74) is 4.13.